The van der Waals surface area contributed by atoms with Crippen LogP contribution in [-0.4, -0.2) is 46.6 Å². The molecule has 3 heterocycles. The van der Waals surface area contributed by atoms with Gasteiger partial charge in [0.2, 0.25) is 5.89 Å². The number of hydrogen-bond acceptors (Lipinski definition) is 7. The molecule has 1 aliphatic heterocycles. The van der Waals surface area contributed by atoms with Crippen molar-refractivity contribution in [1.82, 2.24) is 15.0 Å². The third-order valence-corrected chi connectivity index (χ3v) is 4.33. The maximum atomic E-state index is 12.2. The Kier molecular flexibility index (Phi) is 3.97. The zero-order valence-corrected chi connectivity index (χ0v) is 12.8. The molecule has 0 amide bonds. The Morgan fingerprint density at radius 2 is 2.30 bits per heavy atom. The van der Waals surface area contributed by atoms with E-state index < -0.39 is 0 Å². The molecule has 1 saturated carbocycles. The number of aromatic nitrogens is 2. The van der Waals surface area contributed by atoms with Crippen molar-refractivity contribution in [3.05, 3.63) is 35.9 Å². The normalized spacial score (nSPS) is 22.3. The molecule has 0 unspecified atom stereocenters. The minimum absolute atomic E-state index is 0.00220. The van der Waals surface area contributed by atoms with E-state index in [9.17, 15) is 4.79 Å². The first-order valence-corrected chi connectivity index (χ1v) is 8.00. The molecule has 23 heavy (non-hydrogen) atoms. The molecular formula is C16H19N3O4. The molecule has 2 aromatic heterocycles. The van der Waals surface area contributed by atoms with Gasteiger partial charge in [-0.2, -0.15) is 4.98 Å². The van der Waals surface area contributed by atoms with Gasteiger partial charge in [-0.1, -0.05) is 5.16 Å². The van der Waals surface area contributed by atoms with Crippen molar-refractivity contribution >= 4 is 5.78 Å². The lowest BCUT2D eigenvalue weighted by Gasteiger charge is -2.34. The Balaban J connectivity index is 1.41. The predicted octanol–water partition coefficient (Wildman–Crippen LogP) is 2.01. The number of furan rings is 1. The number of Topliss-reactive ketones (excluding diaryl/α,β-unsaturated/α-hetero) is 1. The quantitative estimate of drug-likeness (QED) is 0.754. The summed E-state index contributed by atoms with van der Waals surface area (Å²) in [4.78, 5) is 18.9. The molecule has 7 nitrogen and oxygen atoms in total. The van der Waals surface area contributed by atoms with Crippen LogP contribution in [0, 0.1) is 0 Å². The highest BCUT2D eigenvalue weighted by Crippen LogP contribution is 2.38. The lowest BCUT2D eigenvalue weighted by atomic mass is 10.1. The van der Waals surface area contributed by atoms with Crippen molar-refractivity contribution in [3.63, 3.8) is 0 Å². The van der Waals surface area contributed by atoms with E-state index in [0.29, 0.717) is 43.7 Å². The molecule has 4 rings (SSSR count). The Labute approximate surface area is 133 Å². The van der Waals surface area contributed by atoms with Crippen LogP contribution in [0.2, 0.25) is 0 Å². The van der Waals surface area contributed by atoms with Gasteiger partial charge in [-0.05, 0) is 25.0 Å². The molecule has 0 radical (unpaired) electrons. The SMILES string of the molecule is O=C(C[C@H]1COCCN1Cc1nc(C2CC2)no1)c1ccco1. The van der Waals surface area contributed by atoms with E-state index >= 15 is 0 Å². The maximum Gasteiger partial charge on any atom is 0.240 e. The molecule has 2 aromatic rings. The van der Waals surface area contributed by atoms with Gasteiger partial charge in [0.05, 0.1) is 26.0 Å². The van der Waals surface area contributed by atoms with Crippen LogP contribution in [0.5, 0.6) is 0 Å². The highest BCUT2D eigenvalue weighted by atomic mass is 16.5. The fourth-order valence-corrected chi connectivity index (χ4v) is 2.85. The third-order valence-electron chi connectivity index (χ3n) is 4.33. The molecule has 0 bridgehead atoms. The summed E-state index contributed by atoms with van der Waals surface area (Å²) < 4.78 is 16.1. The number of hydrogen-bond donors (Lipinski definition) is 0. The largest absolute Gasteiger partial charge is 0.461 e. The van der Waals surface area contributed by atoms with Crippen LogP contribution in [0.3, 0.4) is 0 Å². The number of ketones is 1. The second-order valence-electron chi connectivity index (χ2n) is 6.12. The molecule has 7 heteroatoms. The first-order valence-electron chi connectivity index (χ1n) is 8.00. The van der Waals surface area contributed by atoms with Gasteiger partial charge >= 0.3 is 0 Å². The van der Waals surface area contributed by atoms with Crippen LogP contribution in [0.25, 0.3) is 0 Å². The lowest BCUT2D eigenvalue weighted by molar-refractivity contribution is -0.0167. The number of carbonyl (C=O) groups is 1. The Bertz CT molecular complexity index is 663. The van der Waals surface area contributed by atoms with Gasteiger partial charge in [0.15, 0.2) is 17.4 Å². The molecule has 0 aromatic carbocycles. The van der Waals surface area contributed by atoms with Crippen molar-refractivity contribution in [2.45, 2.75) is 37.8 Å². The van der Waals surface area contributed by atoms with Crippen LogP contribution in [0.4, 0.5) is 0 Å². The summed E-state index contributed by atoms with van der Waals surface area (Å²) in [6.45, 7) is 2.47. The van der Waals surface area contributed by atoms with Gasteiger partial charge in [-0.25, -0.2) is 0 Å². The fraction of sp³-hybridized carbons (Fsp3) is 0.562. The zero-order chi connectivity index (χ0) is 15.6. The summed E-state index contributed by atoms with van der Waals surface area (Å²) in [7, 11) is 0. The van der Waals surface area contributed by atoms with Gasteiger partial charge in [-0.3, -0.25) is 9.69 Å². The van der Waals surface area contributed by atoms with E-state index in [-0.39, 0.29) is 11.8 Å². The first-order chi connectivity index (χ1) is 11.3. The number of carbonyl (C=O) groups excluding carboxylic acids is 1. The van der Waals surface area contributed by atoms with Crippen molar-refractivity contribution < 1.29 is 18.5 Å². The van der Waals surface area contributed by atoms with E-state index in [1.165, 1.54) is 6.26 Å². The summed E-state index contributed by atoms with van der Waals surface area (Å²) in [6.07, 6.45) is 4.17. The Morgan fingerprint density at radius 1 is 1.39 bits per heavy atom. The van der Waals surface area contributed by atoms with Crippen molar-refractivity contribution in [2.75, 3.05) is 19.8 Å². The van der Waals surface area contributed by atoms with Gasteiger partial charge in [0.1, 0.15) is 0 Å². The van der Waals surface area contributed by atoms with E-state index in [2.05, 4.69) is 15.0 Å². The monoisotopic (exact) mass is 317 g/mol. The van der Waals surface area contributed by atoms with Crippen LogP contribution in [0.1, 0.15) is 47.5 Å². The molecule has 122 valence electrons. The van der Waals surface area contributed by atoms with Gasteiger partial charge < -0.3 is 13.7 Å². The fourth-order valence-electron chi connectivity index (χ4n) is 2.85. The van der Waals surface area contributed by atoms with E-state index in [1.807, 2.05) is 0 Å². The lowest BCUT2D eigenvalue weighted by Crippen LogP contribution is -2.45. The second-order valence-corrected chi connectivity index (χ2v) is 6.12. The van der Waals surface area contributed by atoms with E-state index in [4.69, 9.17) is 13.7 Å². The maximum absolute atomic E-state index is 12.2. The number of rotatable bonds is 6. The van der Waals surface area contributed by atoms with Crippen LogP contribution in [0.15, 0.2) is 27.3 Å². The molecule has 1 saturated heterocycles. The van der Waals surface area contributed by atoms with Crippen molar-refractivity contribution in [2.24, 2.45) is 0 Å². The van der Waals surface area contributed by atoms with E-state index in [1.54, 1.807) is 12.1 Å². The van der Waals surface area contributed by atoms with Gasteiger partial charge in [-0.15, -0.1) is 0 Å². The van der Waals surface area contributed by atoms with Crippen molar-refractivity contribution in [3.8, 4) is 0 Å². The third kappa shape index (κ3) is 3.35. The highest BCUT2D eigenvalue weighted by Gasteiger charge is 2.31. The minimum Gasteiger partial charge on any atom is -0.461 e. The summed E-state index contributed by atoms with van der Waals surface area (Å²) in [5, 5.41) is 4.04. The average Bonchev–Trinajstić information content (AvgIpc) is 3.08. The Hall–Kier alpha value is -1.99. The molecule has 1 atom stereocenters. The standard InChI is InChI=1S/C16H19N3O4/c20-13(14-2-1-6-22-14)8-12-10-21-7-5-19(12)9-15-17-16(18-23-15)11-3-4-11/h1-2,6,11-12H,3-5,7-10H2/t12-/m0/s1. The van der Waals surface area contributed by atoms with Crippen LogP contribution in [-0.2, 0) is 11.3 Å². The molecule has 0 spiro atoms. The molecule has 0 N–H and O–H groups in total. The van der Waals surface area contributed by atoms with Crippen LogP contribution >= 0.6 is 0 Å². The summed E-state index contributed by atoms with van der Waals surface area (Å²) >= 11 is 0. The Morgan fingerprint density at radius 3 is 3.09 bits per heavy atom. The summed E-state index contributed by atoms with van der Waals surface area (Å²) in [5.41, 5.74) is 0. The van der Waals surface area contributed by atoms with Crippen molar-refractivity contribution in [1.29, 1.82) is 0 Å². The minimum atomic E-state index is -0.0142. The summed E-state index contributed by atoms with van der Waals surface area (Å²) in [6, 6.07) is 3.41. The second kappa shape index (κ2) is 6.25. The molecule has 1 aliphatic carbocycles. The summed E-state index contributed by atoms with van der Waals surface area (Å²) in [5.74, 6) is 2.29. The highest BCUT2D eigenvalue weighted by molar-refractivity contribution is 5.93. The number of morpholine rings is 1. The molecule has 2 fully saturated rings. The zero-order valence-electron chi connectivity index (χ0n) is 12.8. The average molecular weight is 317 g/mol. The van der Waals surface area contributed by atoms with Crippen LogP contribution < -0.4 is 0 Å². The van der Waals surface area contributed by atoms with Gasteiger partial charge in [0, 0.05) is 24.9 Å². The smallest absolute Gasteiger partial charge is 0.240 e. The molecule has 2 aliphatic rings. The number of nitrogens with zero attached hydrogens (tertiary/aromatic N) is 3. The number of ether oxygens (including phenoxy) is 1. The molecular weight excluding hydrogens is 298 g/mol. The first kappa shape index (κ1) is 14.6. The van der Waals surface area contributed by atoms with E-state index in [0.717, 1.165) is 25.2 Å². The topological polar surface area (TPSA) is 81.6 Å². The predicted molar refractivity (Wildman–Crippen MR) is 78.9 cm³/mol. The van der Waals surface area contributed by atoms with Gasteiger partial charge in [0.25, 0.3) is 0 Å².